The number of aryl methyl sites for hydroxylation is 1. The average Bonchev–Trinajstić information content (AvgIpc) is 2.61. The lowest BCUT2D eigenvalue weighted by Gasteiger charge is -2.35. The van der Waals surface area contributed by atoms with E-state index in [0.29, 0.717) is 22.8 Å². The normalized spacial score (nSPS) is 20.3. The second-order valence-electron chi connectivity index (χ2n) is 6.78. The lowest BCUT2D eigenvalue weighted by molar-refractivity contribution is -0.00570. The summed E-state index contributed by atoms with van der Waals surface area (Å²) in [5.41, 5.74) is 3.58. The number of morpholine rings is 1. The van der Waals surface area contributed by atoms with Gasteiger partial charge in [0.15, 0.2) is 5.82 Å². The van der Waals surface area contributed by atoms with Crippen LogP contribution in [0.2, 0.25) is 0 Å². The molecule has 0 radical (unpaired) electrons. The molecule has 1 N–H and O–H groups in total. The SMILES string of the molecule is Cc1cccc(Nc2ncnc3cnc(N4C[C@@H](C)O[C@@H](C)C4)nc23)c1. The van der Waals surface area contributed by atoms with Gasteiger partial charge in [0.2, 0.25) is 5.95 Å². The summed E-state index contributed by atoms with van der Waals surface area (Å²) in [4.78, 5) is 20.1. The molecular weight excluding hydrogens is 328 g/mol. The third kappa shape index (κ3) is 3.43. The Bertz CT molecular complexity index is 921. The molecule has 1 aliphatic rings. The van der Waals surface area contributed by atoms with Crippen molar-refractivity contribution in [2.24, 2.45) is 0 Å². The van der Waals surface area contributed by atoms with Gasteiger partial charge in [-0.25, -0.2) is 19.9 Å². The molecule has 4 rings (SSSR count). The zero-order valence-corrected chi connectivity index (χ0v) is 15.2. The molecule has 7 nitrogen and oxygen atoms in total. The number of hydrogen-bond acceptors (Lipinski definition) is 7. The Labute approximate surface area is 152 Å². The zero-order valence-electron chi connectivity index (χ0n) is 15.2. The van der Waals surface area contributed by atoms with E-state index in [4.69, 9.17) is 9.72 Å². The van der Waals surface area contributed by atoms with Gasteiger partial charge >= 0.3 is 0 Å². The van der Waals surface area contributed by atoms with Gasteiger partial charge in [0, 0.05) is 18.8 Å². The third-order valence-electron chi connectivity index (χ3n) is 4.35. The first-order valence-corrected chi connectivity index (χ1v) is 8.80. The summed E-state index contributed by atoms with van der Waals surface area (Å²) in [6.45, 7) is 7.73. The van der Waals surface area contributed by atoms with Crippen LogP contribution in [0.4, 0.5) is 17.5 Å². The molecule has 3 heterocycles. The van der Waals surface area contributed by atoms with Gasteiger partial charge in [-0.05, 0) is 38.5 Å². The molecule has 0 unspecified atom stereocenters. The Morgan fingerprint density at radius 2 is 1.92 bits per heavy atom. The number of hydrogen-bond donors (Lipinski definition) is 1. The average molecular weight is 350 g/mol. The Morgan fingerprint density at radius 1 is 1.12 bits per heavy atom. The molecule has 134 valence electrons. The van der Waals surface area contributed by atoms with E-state index < -0.39 is 0 Å². The highest BCUT2D eigenvalue weighted by Crippen LogP contribution is 2.24. The van der Waals surface area contributed by atoms with Gasteiger partial charge in [0.1, 0.15) is 17.4 Å². The first-order valence-electron chi connectivity index (χ1n) is 8.80. The summed E-state index contributed by atoms with van der Waals surface area (Å²) in [6, 6.07) is 8.15. The molecule has 1 aliphatic heterocycles. The second kappa shape index (κ2) is 6.84. The quantitative estimate of drug-likeness (QED) is 0.778. The fourth-order valence-electron chi connectivity index (χ4n) is 3.29. The molecule has 1 fully saturated rings. The number of benzene rings is 1. The highest BCUT2D eigenvalue weighted by Gasteiger charge is 2.24. The van der Waals surface area contributed by atoms with Gasteiger partial charge in [-0.1, -0.05) is 12.1 Å². The van der Waals surface area contributed by atoms with Crippen molar-refractivity contribution in [2.45, 2.75) is 33.0 Å². The number of fused-ring (bicyclic) bond motifs is 1. The lowest BCUT2D eigenvalue weighted by atomic mass is 10.2. The van der Waals surface area contributed by atoms with Crippen LogP contribution in [-0.2, 0) is 4.74 Å². The van der Waals surface area contributed by atoms with Crippen molar-refractivity contribution in [2.75, 3.05) is 23.3 Å². The zero-order chi connectivity index (χ0) is 18.1. The molecule has 0 saturated carbocycles. The first kappa shape index (κ1) is 16.7. The number of rotatable bonds is 3. The summed E-state index contributed by atoms with van der Waals surface area (Å²) >= 11 is 0. The van der Waals surface area contributed by atoms with Crippen LogP contribution in [0, 0.1) is 6.92 Å². The van der Waals surface area contributed by atoms with Gasteiger partial charge < -0.3 is 15.0 Å². The van der Waals surface area contributed by atoms with Crippen LogP contribution >= 0.6 is 0 Å². The highest BCUT2D eigenvalue weighted by atomic mass is 16.5. The molecule has 0 amide bonds. The molecule has 1 aromatic carbocycles. The topological polar surface area (TPSA) is 76.1 Å². The largest absolute Gasteiger partial charge is 0.372 e. The number of nitrogens with zero attached hydrogens (tertiary/aromatic N) is 5. The Morgan fingerprint density at radius 3 is 2.69 bits per heavy atom. The van der Waals surface area contributed by atoms with Crippen molar-refractivity contribution >= 4 is 28.5 Å². The number of nitrogens with one attached hydrogen (secondary N) is 1. The van der Waals surface area contributed by atoms with E-state index in [-0.39, 0.29) is 12.2 Å². The van der Waals surface area contributed by atoms with Gasteiger partial charge in [-0.2, -0.15) is 0 Å². The Kier molecular flexibility index (Phi) is 4.38. The minimum absolute atomic E-state index is 0.148. The fraction of sp³-hybridized carbons (Fsp3) is 0.368. The maximum Gasteiger partial charge on any atom is 0.226 e. The predicted octanol–water partition coefficient (Wildman–Crippen LogP) is 3.09. The van der Waals surface area contributed by atoms with Crippen LogP contribution in [0.3, 0.4) is 0 Å². The van der Waals surface area contributed by atoms with Crippen molar-refractivity contribution < 1.29 is 4.74 Å². The van der Waals surface area contributed by atoms with E-state index in [0.717, 1.165) is 18.8 Å². The van der Waals surface area contributed by atoms with Crippen LogP contribution in [0.5, 0.6) is 0 Å². The lowest BCUT2D eigenvalue weighted by Crippen LogP contribution is -2.46. The van der Waals surface area contributed by atoms with E-state index in [1.807, 2.05) is 12.1 Å². The van der Waals surface area contributed by atoms with Crippen molar-refractivity contribution in [3.63, 3.8) is 0 Å². The van der Waals surface area contributed by atoms with Crippen LogP contribution in [0.15, 0.2) is 36.8 Å². The molecule has 1 saturated heterocycles. The molecule has 0 bridgehead atoms. The summed E-state index contributed by atoms with van der Waals surface area (Å²) in [5.74, 6) is 1.36. The summed E-state index contributed by atoms with van der Waals surface area (Å²) < 4.78 is 5.81. The third-order valence-corrected chi connectivity index (χ3v) is 4.35. The molecule has 0 spiro atoms. The number of anilines is 3. The van der Waals surface area contributed by atoms with E-state index >= 15 is 0 Å². The summed E-state index contributed by atoms with van der Waals surface area (Å²) in [7, 11) is 0. The first-order chi connectivity index (χ1) is 12.6. The molecule has 2 aromatic heterocycles. The maximum absolute atomic E-state index is 5.81. The number of ether oxygens (including phenoxy) is 1. The van der Waals surface area contributed by atoms with Crippen LogP contribution in [0.1, 0.15) is 19.4 Å². The van der Waals surface area contributed by atoms with E-state index in [1.54, 1.807) is 6.20 Å². The van der Waals surface area contributed by atoms with Gasteiger partial charge in [0.05, 0.1) is 18.4 Å². The Hall–Kier alpha value is -2.80. The smallest absolute Gasteiger partial charge is 0.226 e. The molecule has 0 aliphatic carbocycles. The van der Waals surface area contributed by atoms with Gasteiger partial charge in [0.25, 0.3) is 0 Å². The minimum atomic E-state index is 0.148. The van der Waals surface area contributed by atoms with Crippen molar-refractivity contribution in [3.05, 3.63) is 42.4 Å². The fourth-order valence-corrected chi connectivity index (χ4v) is 3.29. The Balaban J connectivity index is 1.70. The van der Waals surface area contributed by atoms with Gasteiger partial charge in [-0.3, -0.25) is 0 Å². The molecule has 7 heteroatoms. The second-order valence-corrected chi connectivity index (χ2v) is 6.78. The van der Waals surface area contributed by atoms with Crippen LogP contribution in [0.25, 0.3) is 11.0 Å². The summed E-state index contributed by atoms with van der Waals surface area (Å²) in [6.07, 6.45) is 3.58. The van der Waals surface area contributed by atoms with Crippen molar-refractivity contribution in [1.82, 2.24) is 19.9 Å². The number of aromatic nitrogens is 4. The van der Waals surface area contributed by atoms with Crippen molar-refractivity contribution in [1.29, 1.82) is 0 Å². The van der Waals surface area contributed by atoms with E-state index in [9.17, 15) is 0 Å². The molecule has 3 aromatic rings. The minimum Gasteiger partial charge on any atom is -0.372 e. The monoisotopic (exact) mass is 350 g/mol. The summed E-state index contributed by atoms with van der Waals surface area (Å²) in [5, 5.41) is 3.35. The predicted molar refractivity (Wildman–Crippen MR) is 102 cm³/mol. The highest BCUT2D eigenvalue weighted by molar-refractivity contribution is 5.87. The van der Waals surface area contributed by atoms with Crippen LogP contribution < -0.4 is 10.2 Å². The van der Waals surface area contributed by atoms with E-state index in [1.165, 1.54) is 11.9 Å². The molecule has 26 heavy (non-hydrogen) atoms. The standard InChI is InChI=1S/C19H22N6O/c1-12-5-4-6-15(7-12)23-18-17-16(21-11-22-18)8-20-19(24-17)25-9-13(2)26-14(3)10-25/h4-8,11,13-14H,9-10H2,1-3H3,(H,21,22,23)/t13-,14+. The van der Waals surface area contributed by atoms with Crippen molar-refractivity contribution in [3.8, 4) is 0 Å². The van der Waals surface area contributed by atoms with E-state index in [2.05, 4.69) is 58.1 Å². The molecule has 2 atom stereocenters. The van der Waals surface area contributed by atoms with Gasteiger partial charge in [-0.15, -0.1) is 0 Å². The molecular formula is C19H22N6O. The van der Waals surface area contributed by atoms with Crippen LogP contribution in [-0.4, -0.2) is 45.2 Å². The maximum atomic E-state index is 5.81.